The Morgan fingerprint density at radius 1 is 1.17 bits per heavy atom. The van der Waals surface area contributed by atoms with E-state index < -0.39 is 6.10 Å². The van der Waals surface area contributed by atoms with Crippen molar-refractivity contribution in [1.82, 2.24) is 10.2 Å². The molecule has 23 heavy (non-hydrogen) atoms. The lowest BCUT2D eigenvalue weighted by Crippen LogP contribution is -2.40. The largest absolute Gasteiger partial charge is 0.496 e. The summed E-state index contributed by atoms with van der Waals surface area (Å²) in [6.07, 6.45) is 1.92. The van der Waals surface area contributed by atoms with E-state index in [2.05, 4.69) is 10.2 Å². The molecule has 1 aromatic carbocycles. The zero-order chi connectivity index (χ0) is 15.5. The van der Waals surface area contributed by atoms with Crippen LogP contribution in [0.4, 0.5) is 0 Å². The van der Waals surface area contributed by atoms with E-state index in [1.165, 1.54) is 12.8 Å². The lowest BCUT2D eigenvalue weighted by atomic mass is 9.92. The Morgan fingerprint density at radius 2 is 1.83 bits per heavy atom. The summed E-state index contributed by atoms with van der Waals surface area (Å²) in [5, 5.41) is 14.0. The molecule has 1 fully saturated rings. The van der Waals surface area contributed by atoms with Gasteiger partial charge in [0, 0.05) is 30.8 Å². The molecule has 3 rings (SSSR count). The zero-order valence-electron chi connectivity index (χ0n) is 13.9. The third kappa shape index (κ3) is 3.91. The highest BCUT2D eigenvalue weighted by molar-refractivity contribution is 5.85. The lowest BCUT2D eigenvalue weighted by molar-refractivity contribution is 0.0749. The molecule has 130 valence electrons. The molecule has 0 radical (unpaired) electrons. The van der Waals surface area contributed by atoms with Crippen molar-refractivity contribution in [2.45, 2.75) is 25.5 Å². The number of hydrogen-bond acceptors (Lipinski definition) is 5. The Balaban J connectivity index is 0.00000192. The van der Waals surface area contributed by atoms with Crippen molar-refractivity contribution in [2.75, 3.05) is 40.4 Å². The molecule has 1 saturated heterocycles. The first-order valence-corrected chi connectivity index (χ1v) is 8.07. The van der Waals surface area contributed by atoms with Crippen molar-refractivity contribution in [1.29, 1.82) is 0 Å². The molecular weight excluding hydrogens is 316 g/mol. The molecule has 0 aliphatic carbocycles. The predicted octanol–water partition coefficient (Wildman–Crippen LogP) is 1.97. The standard InChI is InChI=1S/C17H26N2O3.ClH/c1-21-15-3-4-16(22-2)17-13(15)10-19(11-14(17)20)9-12-5-7-18-8-6-12;/h3-4,12,14,18,20H,5-11H2,1-2H3;1H. The molecule has 2 N–H and O–H groups in total. The van der Waals surface area contributed by atoms with Crippen LogP contribution in [0, 0.1) is 5.92 Å². The average Bonchev–Trinajstić information content (AvgIpc) is 2.54. The minimum Gasteiger partial charge on any atom is -0.496 e. The second kappa shape index (κ2) is 8.20. The molecule has 1 atom stereocenters. The van der Waals surface area contributed by atoms with E-state index >= 15 is 0 Å². The Kier molecular flexibility index (Phi) is 6.53. The summed E-state index contributed by atoms with van der Waals surface area (Å²) in [4.78, 5) is 2.35. The van der Waals surface area contributed by atoms with E-state index in [-0.39, 0.29) is 12.4 Å². The van der Waals surface area contributed by atoms with Crippen LogP contribution in [-0.4, -0.2) is 50.4 Å². The number of rotatable bonds is 4. The molecule has 1 unspecified atom stereocenters. The van der Waals surface area contributed by atoms with Crippen LogP contribution < -0.4 is 14.8 Å². The van der Waals surface area contributed by atoms with Gasteiger partial charge in [-0.2, -0.15) is 0 Å². The highest BCUT2D eigenvalue weighted by atomic mass is 35.5. The van der Waals surface area contributed by atoms with Crippen molar-refractivity contribution in [2.24, 2.45) is 5.92 Å². The fourth-order valence-electron chi connectivity index (χ4n) is 3.71. The molecule has 0 spiro atoms. The van der Waals surface area contributed by atoms with E-state index in [0.29, 0.717) is 12.5 Å². The van der Waals surface area contributed by atoms with Crippen LogP contribution >= 0.6 is 12.4 Å². The maximum atomic E-state index is 10.6. The van der Waals surface area contributed by atoms with Crippen molar-refractivity contribution in [3.05, 3.63) is 23.3 Å². The van der Waals surface area contributed by atoms with Gasteiger partial charge in [0.05, 0.1) is 20.3 Å². The third-order valence-corrected chi connectivity index (χ3v) is 4.84. The molecule has 2 aliphatic rings. The number of aliphatic hydroxyl groups is 1. The van der Waals surface area contributed by atoms with Gasteiger partial charge in [-0.25, -0.2) is 0 Å². The van der Waals surface area contributed by atoms with Gasteiger partial charge in [0.2, 0.25) is 0 Å². The topological polar surface area (TPSA) is 54.0 Å². The molecule has 2 heterocycles. The molecule has 0 bridgehead atoms. The van der Waals surface area contributed by atoms with Crippen LogP contribution in [-0.2, 0) is 6.54 Å². The number of methoxy groups -OCH3 is 2. The van der Waals surface area contributed by atoms with E-state index in [1.807, 2.05) is 12.1 Å². The van der Waals surface area contributed by atoms with Crippen molar-refractivity contribution < 1.29 is 14.6 Å². The minimum atomic E-state index is -0.518. The fraction of sp³-hybridized carbons (Fsp3) is 0.647. The Hall–Kier alpha value is -1.01. The molecule has 0 amide bonds. The van der Waals surface area contributed by atoms with E-state index in [1.54, 1.807) is 14.2 Å². The van der Waals surface area contributed by atoms with Crippen molar-refractivity contribution in [3.63, 3.8) is 0 Å². The summed E-state index contributed by atoms with van der Waals surface area (Å²) >= 11 is 0. The van der Waals surface area contributed by atoms with Gasteiger partial charge >= 0.3 is 0 Å². The molecule has 0 aromatic heterocycles. The summed E-state index contributed by atoms with van der Waals surface area (Å²) in [6.45, 7) is 4.74. The fourth-order valence-corrected chi connectivity index (χ4v) is 3.71. The quantitative estimate of drug-likeness (QED) is 0.876. The van der Waals surface area contributed by atoms with Gasteiger partial charge in [0.1, 0.15) is 11.5 Å². The van der Waals surface area contributed by atoms with Crippen LogP contribution in [0.1, 0.15) is 30.1 Å². The number of hydrogen-bond donors (Lipinski definition) is 2. The molecule has 5 nitrogen and oxygen atoms in total. The Bertz CT molecular complexity index is 521. The first kappa shape index (κ1) is 18.3. The van der Waals surface area contributed by atoms with Crippen LogP contribution in [0.5, 0.6) is 11.5 Å². The number of benzene rings is 1. The van der Waals surface area contributed by atoms with Crippen LogP contribution in [0.2, 0.25) is 0 Å². The summed E-state index contributed by atoms with van der Waals surface area (Å²) in [5.41, 5.74) is 1.96. The van der Waals surface area contributed by atoms with Gasteiger partial charge in [-0.3, -0.25) is 4.90 Å². The number of nitrogens with zero attached hydrogens (tertiary/aromatic N) is 1. The summed E-state index contributed by atoms with van der Waals surface area (Å²) in [7, 11) is 3.33. The number of ether oxygens (including phenoxy) is 2. The van der Waals surface area contributed by atoms with Gasteiger partial charge in [0.25, 0.3) is 0 Å². The van der Waals surface area contributed by atoms with Gasteiger partial charge < -0.3 is 19.9 Å². The second-order valence-electron chi connectivity index (χ2n) is 6.27. The van der Waals surface area contributed by atoms with E-state index in [0.717, 1.165) is 48.8 Å². The SMILES string of the molecule is COc1ccc(OC)c2c1CN(CC1CCNCC1)CC2O.Cl. The first-order valence-electron chi connectivity index (χ1n) is 8.07. The Morgan fingerprint density at radius 3 is 2.48 bits per heavy atom. The first-order chi connectivity index (χ1) is 10.7. The number of nitrogens with one attached hydrogen (secondary N) is 1. The molecule has 2 aliphatic heterocycles. The number of β-amino-alcohol motifs (C(OH)–C–C–N with tert-alkyl or cyclic N) is 1. The van der Waals surface area contributed by atoms with Crippen molar-refractivity contribution >= 4 is 12.4 Å². The molecule has 6 heteroatoms. The summed E-state index contributed by atoms with van der Waals surface area (Å²) < 4.78 is 10.9. The average molecular weight is 343 g/mol. The number of fused-ring (bicyclic) bond motifs is 1. The maximum absolute atomic E-state index is 10.6. The van der Waals surface area contributed by atoms with Crippen LogP contribution in [0.3, 0.4) is 0 Å². The maximum Gasteiger partial charge on any atom is 0.125 e. The van der Waals surface area contributed by atoms with Gasteiger partial charge in [-0.05, 0) is 44.0 Å². The van der Waals surface area contributed by atoms with Gasteiger partial charge in [-0.1, -0.05) is 0 Å². The molecular formula is C17H27ClN2O3. The third-order valence-electron chi connectivity index (χ3n) is 4.84. The summed E-state index contributed by atoms with van der Waals surface area (Å²) in [6, 6.07) is 3.81. The predicted molar refractivity (Wildman–Crippen MR) is 92.6 cm³/mol. The van der Waals surface area contributed by atoms with Crippen molar-refractivity contribution in [3.8, 4) is 11.5 Å². The Labute approximate surface area is 144 Å². The minimum absolute atomic E-state index is 0. The number of halogens is 1. The smallest absolute Gasteiger partial charge is 0.125 e. The second-order valence-corrected chi connectivity index (χ2v) is 6.27. The van der Waals surface area contributed by atoms with Crippen LogP contribution in [0.15, 0.2) is 12.1 Å². The zero-order valence-corrected chi connectivity index (χ0v) is 14.7. The van der Waals surface area contributed by atoms with Gasteiger partial charge in [-0.15, -0.1) is 12.4 Å². The molecule has 1 aromatic rings. The normalized spacial score (nSPS) is 22.1. The lowest BCUT2D eigenvalue weighted by Gasteiger charge is -2.36. The number of aliphatic hydroxyl groups excluding tert-OH is 1. The van der Waals surface area contributed by atoms with Crippen LogP contribution in [0.25, 0.3) is 0 Å². The van der Waals surface area contributed by atoms with Gasteiger partial charge in [0.15, 0.2) is 0 Å². The highest BCUT2D eigenvalue weighted by Crippen LogP contribution is 2.39. The molecule has 0 saturated carbocycles. The number of piperidine rings is 1. The monoisotopic (exact) mass is 342 g/mol. The van der Waals surface area contributed by atoms with E-state index in [9.17, 15) is 5.11 Å². The van der Waals surface area contributed by atoms with E-state index in [4.69, 9.17) is 9.47 Å². The summed E-state index contributed by atoms with van der Waals surface area (Å²) in [5.74, 6) is 2.31. The highest BCUT2D eigenvalue weighted by Gasteiger charge is 2.30.